The third-order valence-electron chi connectivity index (χ3n) is 3.82. The first-order valence-corrected chi connectivity index (χ1v) is 9.39. The van der Waals surface area contributed by atoms with Crippen LogP contribution in [0.15, 0.2) is 65.7 Å². The molecule has 142 valence electrons. The van der Waals surface area contributed by atoms with Gasteiger partial charge in [-0.15, -0.1) is 10.1 Å². The zero-order chi connectivity index (χ0) is 19.8. The van der Waals surface area contributed by atoms with E-state index >= 15 is 0 Å². The normalized spacial score (nSPS) is 11.4. The molecule has 2 aromatic carbocycles. The molecular formula is C18H16BrCl2N3O3. The lowest BCUT2D eigenvalue weighted by Gasteiger charge is -2.20. The lowest BCUT2D eigenvalue weighted by atomic mass is 9.91. The van der Waals surface area contributed by atoms with E-state index in [-0.39, 0.29) is 5.92 Å². The Morgan fingerprint density at radius 2 is 1.96 bits per heavy atom. The number of imidazole rings is 1. The molecule has 0 spiro atoms. The quantitative estimate of drug-likeness (QED) is 0.385. The van der Waals surface area contributed by atoms with E-state index in [2.05, 4.69) is 43.7 Å². The molecular weight excluding hydrogens is 457 g/mol. The molecule has 1 unspecified atom stereocenters. The van der Waals surface area contributed by atoms with Crippen molar-refractivity contribution in [2.45, 2.75) is 18.9 Å². The molecule has 0 fully saturated rings. The number of nitrogens with zero attached hydrogens (tertiary/aromatic N) is 3. The second kappa shape index (κ2) is 10.3. The minimum Gasteiger partial charge on any atom is -0.337 e. The van der Waals surface area contributed by atoms with E-state index in [4.69, 9.17) is 38.5 Å². The summed E-state index contributed by atoms with van der Waals surface area (Å²) < 4.78 is 3.19. The first-order valence-electron chi connectivity index (χ1n) is 7.84. The van der Waals surface area contributed by atoms with Gasteiger partial charge < -0.3 is 9.77 Å². The second-order valence-corrected chi connectivity index (χ2v) is 7.35. The van der Waals surface area contributed by atoms with Crippen LogP contribution < -0.4 is 0 Å². The van der Waals surface area contributed by atoms with Gasteiger partial charge in [0.1, 0.15) is 0 Å². The Kier molecular flexibility index (Phi) is 8.09. The third kappa shape index (κ3) is 6.86. The average Bonchev–Trinajstić information content (AvgIpc) is 3.09. The van der Waals surface area contributed by atoms with Gasteiger partial charge in [0.05, 0.1) is 6.33 Å². The van der Waals surface area contributed by atoms with Gasteiger partial charge in [0, 0.05) is 39.4 Å². The van der Waals surface area contributed by atoms with Gasteiger partial charge in [-0.2, -0.15) is 0 Å². The smallest absolute Gasteiger partial charge is 0.291 e. The summed E-state index contributed by atoms with van der Waals surface area (Å²) in [6.45, 7) is 0.808. The highest BCUT2D eigenvalue weighted by Gasteiger charge is 2.18. The summed E-state index contributed by atoms with van der Waals surface area (Å²) in [5.41, 5.74) is 2.35. The summed E-state index contributed by atoms with van der Waals surface area (Å²) >= 11 is 16.1. The molecule has 3 aromatic rings. The largest absolute Gasteiger partial charge is 0.337 e. The van der Waals surface area contributed by atoms with Crippen molar-refractivity contribution >= 4 is 39.1 Å². The molecule has 1 atom stereocenters. The van der Waals surface area contributed by atoms with Crippen molar-refractivity contribution in [2.75, 3.05) is 0 Å². The SMILES string of the molecule is Clc1ccc(C(Cc2ccccc2Br)Cn2ccnc2)c(Cl)c1.O=[N+]([O-])O. The summed E-state index contributed by atoms with van der Waals surface area (Å²) in [7, 11) is 0. The van der Waals surface area contributed by atoms with Gasteiger partial charge in [0.2, 0.25) is 0 Å². The van der Waals surface area contributed by atoms with Crippen LogP contribution in [0.2, 0.25) is 10.0 Å². The molecule has 0 saturated carbocycles. The van der Waals surface area contributed by atoms with Crippen molar-refractivity contribution in [2.24, 2.45) is 0 Å². The number of rotatable bonds is 5. The lowest BCUT2D eigenvalue weighted by Crippen LogP contribution is -2.12. The maximum absolute atomic E-state index is 8.36. The number of hydrogen-bond donors (Lipinski definition) is 1. The molecule has 6 nitrogen and oxygen atoms in total. The van der Waals surface area contributed by atoms with Crippen molar-refractivity contribution in [1.82, 2.24) is 9.55 Å². The van der Waals surface area contributed by atoms with E-state index in [1.54, 1.807) is 12.3 Å². The van der Waals surface area contributed by atoms with Crippen molar-refractivity contribution in [3.8, 4) is 0 Å². The summed E-state index contributed by atoms with van der Waals surface area (Å²) in [6.07, 6.45) is 6.47. The van der Waals surface area contributed by atoms with Crippen LogP contribution in [0.25, 0.3) is 0 Å². The molecule has 0 aliphatic carbocycles. The van der Waals surface area contributed by atoms with Crippen molar-refractivity contribution in [3.05, 3.63) is 96.9 Å². The predicted molar refractivity (Wildman–Crippen MR) is 108 cm³/mol. The van der Waals surface area contributed by atoms with Crippen LogP contribution in [0.4, 0.5) is 0 Å². The van der Waals surface area contributed by atoms with Gasteiger partial charge in [-0.1, -0.05) is 63.4 Å². The number of aromatic nitrogens is 2. The Morgan fingerprint density at radius 1 is 1.26 bits per heavy atom. The van der Waals surface area contributed by atoms with E-state index in [1.807, 2.05) is 30.7 Å². The molecule has 0 bridgehead atoms. The molecule has 0 radical (unpaired) electrons. The zero-order valence-electron chi connectivity index (χ0n) is 14.0. The zero-order valence-corrected chi connectivity index (χ0v) is 17.1. The van der Waals surface area contributed by atoms with Crippen LogP contribution >= 0.6 is 39.1 Å². The van der Waals surface area contributed by atoms with Crippen LogP contribution in [0.3, 0.4) is 0 Å². The minimum atomic E-state index is -1.50. The van der Waals surface area contributed by atoms with Crippen LogP contribution in [-0.2, 0) is 13.0 Å². The Hall–Kier alpha value is -2.09. The highest BCUT2D eigenvalue weighted by atomic mass is 79.9. The van der Waals surface area contributed by atoms with Crippen LogP contribution in [0.1, 0.15) is 17.0 Å². The summed E-state index contributed by atoms with van der Waals surface area (Å²) in [5.74, 6) is 0.229. The van der Waals surface area contributed by atoms with E-state index in [0.29, 0.717) is 10.0 Å². The number of hydrogen-bond acceptors (Lipinski definition) is 3. The Bertz CT molecular complexity index is 887. The van der Waals surface area contributed by atoms with E-state index < -0.39 is 5.09 Å². The highest BCUT2D eigenvalue weighted by Crippen LogP contribution is 2.32. The van der Waals surface area contributed by atoms with Crippen molar-refractivity contribution in [3.63, 3.8) is 0 Å². The van der Waals surface area contributed by atoms with Crippen molar-refractivity contribution < 1.29 is 10.3 Å². The minimum absolute atomic E-state index is 0.229. The fourth-order valence-corrected chi connectivity index (χ4v) is 3.69. The maximum Gasteiger partial charge on any atom is 0.291 e. The van der Waals surface area contributed by atoms with E-state index in [9.17, 15) is 0 Å². The molecule has 1 heterocycles. The van der Waals surface area contributed by atoms with Crippen LogP contribution in [0, 0.1) is 10.1 Å². The fourth-order valence-electron chi connectivity index (χ4n) is 2.68. The van der Waals surface area contributed by atoms with Gasteiger partial charge in [-0.25, -0.2) is 4.98 Å². The van der Waals surface area contributed by atoms with Gasteiger partial charge in [0.15, 0.2) is 0 Å². The number of halogens is 3. The van der Waals surface area contributed by atoms with E-state index in [0.717, 1.165) is 23.0 Å². The summed E-state index contributed by atoms with van der Waals surface area (Å²) in [5, 5.41) is 15.0. The molecule has 27 heavy (non-hydrogen) atoms. The van der Waals surface area contributed by atoms with Gasteiger partial charge >= 0.3 is 0 Å². The summed E-state index contributed by atoms with van der Waals surface area (Å²) in [6, 6.07) is 14.0. The molecule has 0 saturated heterocycles. The monoisotopic (exact) mass is 471 g/mol. The third-order valence-corrected chi connectivity index (χ3v) is 5.15. The molecule has 0 amide bonds. The topological polar surface area (TPSA) is 81.2 Å². The Labute approximate surface area is 174 Å². The molecule has 0 aliphatic heterocycles. The molecule has 1 aromatic heterocycles. The Balaban J connectivity index is 0.000000596. The maximum atomic E-state index is 8.36. The average molecular weight is 473 g/mol. The fraction of sp³-hybridized carbons (Fsp3) is 0.167. The molecule has 1 N–H and O–H groups in total. The lowest BCUT2D eigenvalue weighted by molar-refractivity contribution is -0.742. The summed E-state index contributed by atoms with van der Waals surface area (Å²) in [4.78, 5) is 12.5. The molecule has 9 heteroatoms. The van der Waals surface area contributed by atoms with Gasteiger partial charge in [-0.05, 0) is 35.7 Å². The van der Waals surface area contributed by atoms with Crippen LogP contribution in [-0.4, -0.2) is 19.8 Å². The second-order valence-electron chi connectivity index (χ2n) is 5.66. The van der Waals surface area contributed by atoms with Gasteiger partial charge in [-0.3, -0.25) is 0 Å². The first-order chi connectivity index (χ1) is 12.9. The van der Waals surface area contributed by atoms with Crippen molar-refractivity contribution in [1.29, 1.82) is 0 Å². The standard InChI is InChI=1S/C18H15BrCl2N2.HNO3/c19-17-4-2-1-3-13(17)9-14(11-23-8-7-22-12-23)16-6-5-15(20)10-18(16)21;2-1(3)4/h1-8,10,12,14H,9,11H2;(H,2,3,4). The predicted octanol–water partition coefficient (Wildman–Crippen LogP) is 5.63. The van der Waals surface area contributed by atoms with Gasteiger partial charge in [0.25, 0.3) is 5.09 Å². The molecule has 0 aliphatic rings. The number of benzene rings is 2. The Morgan fingerprint density at radius 3 is 2.56 bits per heavy atom. The first kappa shape index (κ1) is 21.2. The highest BCUT2D eigenvalue weighted by molar-refractivity contribution is 9.10. The molecule has 3 rings (SSSR count). The van der Waals surface area contributed by atoms with Crippen LogP contribution in [0.5, 0.6) is 0 Å². The van der Waals surface area contributed by atoms with E-state index in [1.165, 1.54) is 5.56 Å².